The van der Waals surface area contributed by atoms with Crippen LogP contribution in [0.25, 0.3) is 0 Å². The van der Waals surface area contributed by atoms with Crippen LogP contribution >= 0.6 is 0 Å². The molecule has 0 aliphatic rings. The van der Waals surface area contributed by atoms with Gasteiger partial charge >= 0.3 is 0 Å². The van der Waals surface area contributed by atoms with Crippen molar-refractivity contribution in [2.24, 2.45) is 0 Å². The van der Waals surface area contributed by atoms with Gasteiger partial charge in [-0.15, -0.1) is 0 Å². The van der Waals surface area contributed by atoms with E-state index in [0.717, 1.165) is 12.1 Å². The molecule has 112 valence electrons. The average molecular weight is 295 g/mol. The van der Waals surface area contributed by atoms with Gasteiger partial charge in [0.1, 0.15) is 23.4 Å². The van der Waals surface area contributed by atoms with E-state index in [0.29, 0.717) is 5.76 Å². The lowest BCUT2D eigenvalue weighted by molar-refractivity contribution is -0.123. The second kappa shape index (κ2) is 6.49. The van der Waals surface area contributed by atoms with Gasteiger partial charge in [0.05, 0.1) is 18.8 Å². The van der Waals surface area contributed by atoms with Crippen LogP contribution in [0.2, 0.25) is 0 Å². The summed E-state index contributed by atoms with van der Waals surface area (Å²) in [6.07, 6.45) is 1.41. The van der Waals surface area contributed by atoms with Gasteiger partial charge in [-0.1, -0.05) is 6.07 Å². The summed E-state index contributed by atoms with van der Waals surface area (Å²) < 4.78 is 32.4. The van der Waals surface area contributed by atoms with Crippen LogP contribution in [-0.4, -0.2) is 17.6 Å². The SMILES string of the molecule is CC(C(=O)NC(CO)c1ccco1)c1c(F)cccc1F. The number of aliphatic hydroxyl groups excluding tert-OH is 1. The molecule has 0 saturated carbocycles. The van der Waals surface area contributed by atoms with Gasteiger partial charge in [-0.3, -0.25) is 4.79 Å². The molecule has 2 unspecified atom stereocenters. The Bertz CT molecular complexity index is 593. The zero-order chi connectivity index (χ0) is 15.4. The normalized spacial score (nSPS) is 13.7. The second-order valence-corrected chi connectivity index (χ2v) is 4.62. The molecule has 1 aromatic heterocycles. The summed E-state index contributed by atoms with van der Waals surface area (Å²) in [5.74, 6) is -2.83. The number of amides is 1. The Morgan fingerprint density at radius 1 is 1.29 bits per heavy atom. The van der Waals surface area contributed by atoms with Crippen molar-refractivity contribution >= 4 is 5.91 Å². The Morgan fingerprint density at radius 3 is 2.48 bits per heavy atom. The zero-order valence-electron chi connectivity index (χ0n) is 11.3. The highest BCUT2D eigenvalue weighted by Crippen LogP contribution is 2.23. The first-order chi connectivity index (χ1) is 10.0. The van der Waals surface area contributed by atoms with Gasteiger partial charge in [0.25, 0.3) is 0 Å². The lowest BCUT2D eigenvalue weighted by Crippen LogP contribution is -2.34. The molecule has 1 aromatic carbocycles. The molecule has 1 amide bonds. The Balaban J connectivity index is 2.16. The van der Waals surface area contributed by atoms with Crippen molar-refractivity contribution in [2.45, 2.75) is 18.9 Å². The van der Waals surface area contributed by atoms with Crippen LogP contribution in [0.4, 0.5) is 8.78 Å². The summed E-state index contributed by atoms with van der Waals surface area (Å²) in [5, 5.41) is 11.8. The lowest BCUT2D eigenvalue weighted by Gasteiger charge is -2.18. The van der Waals surface area contributed by atoms with Gasteiger partial charge in [0, 0.05) is 5.56 Å². The highest BCUT2D eigenvalue weighted by molar-refractivity contribution is 5.83. The standard InChI is InChI=1S/C15H15F2NO3/c1-9(14-10(16)4-2-5-11(14)17)15(20)18-12(8-19)13-6-3-7-21-13/h2-7,9,12,19H,8H2,1H3,(H,18,20). The molecule has 2 rings (SSSR count). The largest absolute Gasteiger partial charge is 0.467 e. The summed E-state index contributed by atoms with van der Waals surface area (Å²) in [7, 11) is 0. The zero-order valence-corrected chi connectivity index (χ0v) is 11.3. The molecule has 4 nitrogen and oxygen atoms in total. The minimum absolute atomic E-state index is 0.300. The number of benzene rings is 1. The predicted molar refractivity (Wildman–Crippen MR) is 71.5 cm³/mol. The van der Waals surface area contributed by atoms with Gasteiger partial charge in [-0.05, 0) is 31.2 Å². The summed E-state index contributed by atoms with van der Waals surface area (Å²) in [4.78, 5) is 12.1. The van der Waals surface area contributed by atoms with E-state index < -0.39 is 29.5 Å². The number of aliphatic hydroxyl groups is 1. The van der Waals surface area contributed by atoms with Crippen molar-refractivity contribution in [3.8, 4) is 0 Å². The maximum atomic E-state index is 13.7. The third-order valence-corrected chi connectivity index (χ3v) is 3.21. The van der Waals surface area contributed by atoms with Crippen LogP contribution in [0.15, 0.2) is 41.0 Å². The maximum Gasteiger partial charge on any atom is 0.228 e. The van der Waals surface area contributed by atoms with E-state index >= 15 is 0 Å². The minimum Gasteiger partial charge on any atom is -0.467 e. The highest BCUT2D eigenvalue weighted by Gasteiger charge is 2.25. The molecule has 0 fully saturated rings. The molecule has 0 bridgehead atoms. The number of hydrogen-bond acceptors (Lipinski definition) is 3. The molecule has 2 atom stereocenters. The fourth-order valence-electron chi connectivity index (χ4n) is 2.05. The first-order valence-electron chi connectivity index (χ1n) is 6.43. The van der Waals surface area contributed by atoms with Crippen molar-refractivity contribution < 1.29 is 23.1 Å². The summed E-state index contributed by atoms with van der Waals surface area (Å²) >= 11 is 0. The first-order valence-corrected chi connectivity index (χ1v) is 6.43. The third kappa shape index (κ3) is 3.28. The average Bonchev–Trinajstić information content (AvgIpc) is 2.98. The smallest absolute Gasteiger partial charge is 0.228 e. The van der Waals surface area contributed by atoms with E-state index in [-0.39, 0.29) is 12.2 Å². The minimum atomic E-state index is -1.03. The van der Waals surface area contributed by atoms with Crippen LogP contribution < -0.4 is 5.32 Å². The molecular weight excluding hydrogens is 280 g/mol. The van der Waals surface area contributed by atoms with Crippen LogP contribution in [0.3, 0.4) is 0 Å². The maximum absolute atomic E-state index is 13.7. The van der Waals surface area contributed by atoms with E-state index in [4.69, 9.17) is 4.42 Å². The van der Waals surface area contributed by atoms with Gasteiger partial charge in [-0.25, -0.2) is 8.78 Å². The Morgan fingerprint density at radius 2 is 1.95 bits per heavy atom. The number of carbonyl (C=O) groups excluding carboxylic acids is 1. The number of hydrogen-bond donors (Lipinski definition) is 2. The topological polar surface area (TPSA) is 62.5 Å². The Labute approximate surface area is 120 Å². The van der Waals surface area contributed by atoms with Crippen LogP contribution in [0.5, 0.6) is 0 Å². The molecule has 21 heavy (non-hydrogen) atoms. The molecule has 0 radical (unpaired) electrons. The Kier molecular flexibility index (Phi) is 4.70. The van der Waals surface area contributed by atoms with Crippen molar-refractivity contribution in [1.29, 1.82) is 0 Å². The number of halogens is 2. The van der Waals surface area contributed by atoms with Gasteiger partial charge in [-0.2, -0.15) is 0 Å². The van der Waals surface area contributed by atoms with Gasteiger partial charge in [0.2, 0.25) is 5.91 Å². The van der Waals surface area contributed by atoms with E-state index in [9.17, 15) is 18.7 Å². The quantitative estimate of drug-likeness (QED) is 0.891. The molecule has 0 aliphatic carbocycles. The molecule has 2 aromatic rings. The fraction of sp³-hybridized carbons (Fsp3) is 0.267. The number of furan rings is 1. The lowest BCUT2D eigenvalue weighted by atomic mass is 9.98. The van der Waals surface area contributed by atoms with E-state index in [1.807, 2.05) is 0 Å². The van der Waals surface area contributed by atoms with E-state index in [1.165, 1.54) is 19.3 Å². The molecule has 0 spiro atoms. The number of rotatable bonds is 5. The van der Waals surface area contributed by atoms with Crippen LogP contribution in [0, 0.1) is 11.6 Å². The molecular formula is C15H15F2NO3. The molecule has 6 heteroatoms. The first kappa shape index (κ1) is 15.2. The summed E-state index contributed by atoms with van der Waals surface area (Å²) in [6.45, 7) is 1.01. The van der Waals surface area contributed by atoms with Crippen molar-refractivity contribution in [3.63, 3.8) is 0 Å². The van der Waals surface area contributed by atoms with Crippen LogP contribution in [-0.2, 0) is 4.79 Å². The molecule has 0 aliphatic heterocycles. The molecule has 0 saturated heterocycles. The molecule has 1 heterocycles. The molecule has 2 N–H and O–H groups in total. The predicted octanol–water partition coefficient (Wildman–Crippen LogP) is 2.51. The van der Waals surface area contributed by atoms with Crippen molar-refractivity contribution in [2.75, 3.05) is 6.61 Å². The summed E-state index contributed by atoms with van der Waals surface area (Å²) in [6, 6.07) is 5.87. The Hall–Kier alpha value is -2.21. The number of nitrogens with one attached hydrogen (secondary N) is 1. The summed E-state index contributed by atoms with van der Waals surface area (Å²) in [5.41, 5.74) is -0.300. The highest BCUT2D eigenvalue weighted by atomic mass is 19.1. The van der Waals surface area contributed by atoms with Gasteiger partial charge in [0.15, 0.2) is 0 Å². The number of carbonyl (C=O) groups is 1. The van der Waals surface area contributed by atoms with E-state index in [1.54, 1.807) is 12.1 Å². The second-order valence-electron chi connectivity index (χ2n) is 4.62. The monoisotopic (exact) mass is 295 g/mol. The van der Waals surface area contributed by atoms with Gasteiger partial charge < -0.3 is 14.8 Å². The third-order valence-electron chi connectivity index (χ3n) is 3.21. The van der Waals surface area contributed by atoms with Crippen molar-refractivity contribution in [1.82, 2.24) is 5.32 Å². The van der Waals surface area contributed by atoms with Crippen LogP contribution in [0.1, 0.15) is 30.2 Å². The van der Waals surface area contributed by atoms with Crippen molar-refractivity contribution in [3.05, 3.63) is 59.6 Å². The fourth-order valence-corrected chi connectivity index (χ4v) is 2.05. The van der Waals surface area contributed by atoms with E-state index in [2.05, 4.69) is 5.32 Å².